The third kappa shape index (κ3) is 4.08. The van der Waals surface area contributed by atoms with Gasteiger partial charge in [-0.15, -0.1) is 0 Å². The molecular formula is C17H24N2O3. The number of furan rings is 2. The Hall–Kier alpha value is -1.85. The van der Waals surface area contributed by atoms with E-state index in [2.05, 4.69) is 0 Å². The summed E-state index contributed by atoms with van der Waals surface area (Å²) in [6.07, 6.45) is 4.42. The Morgan fingerprint density at radius 2 is 1.32 bits per heavy atom. The van der Waals surface area contributed by atoms with Crippen molar-refractivity contribution in [2.45, 2.75) is 24.9 Å². The summed E-state index contributed by atoms with van der Waals surface area (Å²) in [6, 6.07) is 7.04. The minimum atomic E-state index is -0.228. The van der Waals surface area contributed by atoms with Crippen LogP contribution in [0.4, 0.5) is 0 Å². The van der Waals surface area contributed by atoms with Gasteiger partial charge in [-0.1, -0.05) is 0 Å². The number of carbonyl (C=O) groups excluding carboxylic acids is 1. The van der Waals surface area contributed by atoms with Crippen molar-refractivity contribution in [3.8, 4) is 0 Å². The molecule has 0 aliphatic rings. The first-order valence-electron chi connectivity index (χ1n) is 7.40. The van der Waals surface area contributed by atoms with Gasteiger partial charge in [-0.2, -0.15) is 0 Å². The smallest absolute Gasteiger partial charge is 0.167 e. The van der Waals surface area contributed by atoms with Gasteiger partial charge in [-0.3, -0.25) is 14.6 Å². The van der Waals surface area contributed by atoms with Crippen molar-refractivity contribution in [1.82, 2.24) is 9.80 Å². The number of ketones is 1. The molecule has 0 aliphatic carbocycles. The summed E-state index contributed by atoms with van der Waals surface area (Å²) < 4.78 is 10.8. The summed E-state index contributed by atoms with van der Waals surface area (Å²) in [5.74, 6) is 1.81. The van der Waals surface area contributed by atoms with Crippen molar-refractivity contribution in [1.29, 1.82) is 0 Å². The maximum Gasteiger partial charge on any atom is 0.167 e. The van der Waals surface area contributed by atoms with Crippen LogP contribution in [0.15, 0.2) is 45.6 Å². The minimum Gasteiger partial charge on any atom is -0.469 e. The first-order chi connectivity index (χ1) is 10.5. The number of hydrogen-bond donors (Lipinski definition) is 0. The molecule has 2 aromatic rings. The fraction of sp³-hybridized carbons (Fsp3) is 0.471. The lowest BCUT2D eigenvalue weighted by Crippen LogP contribution is -2.49. The Balaban J connectivity index is 2.14. The molecule has 5 heteroatoms. The average Bonchev–Trinajstić information content (AvgIpc) is 3.14. The number of nitrogens with zero attached hydrogens (tertiary/aromatic N) is 2. The van der Waals surface area contributed by atoms with E-state index in [-0.39, 0.29) is 17.9 Å². The highest BCUT2D eigenvalue weighted by Crippen LogP contribution is 2.15. The third-order valence-corrected chi connectivity index (χ3v) is 3.85. The van der Waals surface area contributed by atoms with Crippen molar-refractivity contribution in [3.05, 3.63) is 48.3 Å². The van der Waals surface area contributed by atoms with Crippen molar-refractivity contribution in [3.63, 3.8) is 0 Å². The molecule has 2 rings (SSSR count). The molecule has 0 spiro atoms. The molecule has 0 aliphatic heterocycles. The number of likely N-dealkylation sites (N-methyl/N-ethyl adjacent to an activating group) is 2. The van der Waals surface area contributed by atoms with Crippen LogP contribution in [0.3, 0.4) is 0 Å². The summed E-state index contributed by atoms with van der Waals surface area (Å²) in [4.78, 5) is 16.9. The third-order valence-electron chi connectivity index (χ3n) is 3.85. The molecule has 0 aromatic carbocycles. The zero-order valence-electron chi connectivity index (χ0n) is 13.7. The molecule has 5 nitrogen and oxygen atoms in total. The van der Waals surface area contributed by atoms with E-state index in [0.717, 1.165) is 11.5 Å². The first kappa shape index (κ1) is 16.5. The van der Waals surface area contributed by atoms with Crippen LogP contribution in [0.25, 0.3) is 0 Å². The van der Waals surface area contributed by atoms with Crippen LogP contribution in [0.1, 0.15) is 11.5 Å². The number of carbonyl (C=O) groups is 1. The average molecular weight is 304 g/mol. The molecule has 2 unspecified atom stereocenters. The quantitative estimate of drug-likeness (QED) is 0.747. The zero-order chi connectivity index (χ0) is 16.1. The Morgan fingerprint density at radius 1 is 0.909 bits per heavy atom. The van der Waals surface area contributed by atoms with Gasteiger partial charge in [0.15, 0.2) is 5.78 Å². The van der Waals surface area contributed by atoms with E-state index in [0.29, 0.717) is 12.8 Å². The maximum atomic E-state index is 13.0. The van der Waals surface area contributed by atoms with Crippen LogP contribution >= 0.6 is 0 Å². The van der Waals surface area contributed by atoms with Crippen molar-refractivity contribution < 1.29 is 13.6 Å². The Bertz CT molecular complexity index is 509. The monoisotopic (exact) mass is 304 g/mol. The lowest BCUT2D eigenvalue weighted by Gasteiger charge is -2.30. The standard InChI is InChI=1S/C17H24N2O3/c1-18(2)15(11-13-7-5-9-21-13)17(20)16(19(3)4)12-14-8-6-10-22-14/h5-10,15-16H,11-12H2,1-4H3. The van der Waals surface area contributed by atoms with E-state index < -0.39 is 0 Å². The molecule has 0 N–H and O–H groups in total. The van der Waals surface area contributed by atoms with E-state index in [1.165, 1.54) is 0 Å². The van der Waals surface area contributed by atoms with Gasteiger partial charge in [-0.25, -0.2) is 0 Å². The highest BCUT2D eigenvalue weighted by atomic mass is 16.3. The predicted octanol–water partition coefficient (Wildman–Crippen LogP) is 2.09. The fourth-order valence-corrected chi connectivity index (χ4v) is 2.54. The van der Waals surface area contributed by atoms with Gasteiger partial charge in [0.1, 0.15) is 11.5 Å². The minimum absolute atomic E-state index is 0.169. The van der Waals surface area contributed by atoms with Gasteiger partial charge in [0.05, 0.1) is 24.6 Å². The van der Waals surface area contributed by atoms with E-state index in [1.54, 1.807) is 12.5 Å². The lowest BCUT2D eigenvalue weighted by molar-refractivity contribution is -0.128. The van der Waals surface area contributed by atoms with Gasteiger partial charge in [0.2, 0.25) is 0 Å². The fourth-order valence-electron chi connectivity index (χ4n) is 2.54. The molecule has 120 valence electrons. The Labute approximate surface area is 131 Å². The molecule has 0 fully saturated rings. The molecule has 2 aromatic heterocycles. The van der Waals surface area contributed by atoms with Crippen molar-refractivity contribution >= 4 is 5.78 Å². The second-order valence-electron chi connectivity index (χ2n) is 5.93. The SMILES string of the molecule is CN(C)C(Cc1ccco1)C(=O)C(Cc1ccco1)N(C)C. The molecular weight excluding hydrogens is 280 g/mol. The van der Waals surface area contributed by atoms with E-state index in [9.17, 15) is 4.79 Å². The maximum absolute atomic E-state index is 13.0. The topological polar surface area (TPSA) is 49.8 Å². The number of Topliss-reactive ketones (excluding diaryl/α,β-unsaturated/α-hetero) is 1. The lowest BCUT2D eigenvalue weighted by atomic mass is 9.96. The van der Waals surface area contributed by atoms with E-state index >= 15 is 0 Å². The molecule has 0 bridgehead atoms. The van der Waals surface area contributed by atoms with Crippen molar-refractivity contribution in [2.24, 2.45) is 0 Å². The van der Waals surface area contributed by atoms with Crippen LogP contribution in [0.5, 0.6) is 0 Å². The Morgan fingerprint density at radius 3 is 1.59 bits per heavy atom. The molecule has 0 radical (unpaired) electrons. The molecule has 2 heterocycles. The van der Waals surface area contributed by atoms with Gasteiger partial charge >= 0.3 is 0 Å². The molecule has 0 amide bonds. The predicted molar refractivity (Wildman–Crippen MR) is 84.8 cm³/mol. The zero-order valence-corrected chi connectivity index (χ0v) is 13.7. The molecule has 0 saturated carbocycles. The van der Waals surface area contributed by atoms with Crippen LogP contribution in [-0.4, -0.2) is 55.9 Å². The van der Waals surface area contributed by atoms with Crippen LogP contribution in [-0.2, 0) is 17.6 Å². The Kier molecular flexibility index (Phi) is 5.57. The summed E-state index contributed by atoms with van der Waals surface area (Å²) in [5.41, 5.74) is 0. The number of hydrogen-bond acceptors (Lipinski definition) is 5. The van der Waals surface area contributed by atoms with Gasteiger partial charge < -0.3 is 8.83 Å². The van der Waals surface area contributed by atoms with Gasteiger partial charge in [-0.05, 0) is 52.5 Å². The van der Waals surface area contributed by atoms with Gasteiger partial charge in [0, 0.05) is 12.8 Å². The van der Waals surface area contributed by atoms with E-state index in [4.69, 9.17) is 8.83 Å². The van der Waals surface area contributed by atoms with Gasteiger partial charge in [0.25, 0.3) is 0 Å². The van der Waals surface area contributed by atoms with Crippen LogP contribution in [0, 0.1) is 0 Å². The summed E-state index contributed by atoms with van der Waals surface area (Å²) in [7, 11) is 7.69. The summed E-state index contributed by atoms with van der Waals surface area (Å²) in [5, 5.41) is 0. The molecule has 0 saturated heterocycles. The summed E-state index contributed by atoms with van der Waals surface area (Å²) >= 11 is 0. The van der Waals surface area contributed by atoms with E-state index in [1.807, 2.05) is 62.3 Å². The molecule has 22 heavy (non-hydrogen) atoms. The van der Waals surface area contributed by atoms with Crippen LogP contribution < -0.4 is 0 Å². The largest absolute Gasteiger partial charge is 0.469 e. The normalized spacial score (nSPS) is 14.5. The highest BCUT2D eigenvalue weighted by Gasteiger charge is 2.31. The highest BCUT2D eigenvalue weighted by molar-refractivity contribution is 5.89. The number of rotatable bonds is 8. The van der Waals surface area contributed by atoms with Crippen LogP contribution in [0.2, 0.25) is 0 Å². The second kappa shape index (κ2) is 7.42. The van der Waals surface area contributed by atoms with Crippen molar-refractivity contribution in [2.75, 3.05) is 28.2 Å². The summed E-state index contributed by atoms with van der Waals surface area (Å²) in [6.45, 7) is 0. The second-order valence-corrected chi connectivity index (χ2v) is 5.93. The first-order valence-corrected chi connectivity index (χ1v) is 7.40. The molecule has 2 atom stereocenters.